The van der Waals surface area contributed by atoms with Gasteiger partial charge in [-0.15, -0.1) is 0 Å². The van der Waals surface area contributed by atoms with Crippen LogP contribution in [0.5, 0.6) is 0 Å². The summed E-state index contributed by atoms with van der Waals surface area (Å²) in [5.41, 5.74) is 0.961. The molecule has 1 unspecified atom stereocenters. The lowest BCUT2D eigenvalue weighted by molar-refractivity contribution is -0.142. The molecule has 11 nitrogen and oxygen atoms in total. The maximum absolute atomic E-state index is 12.9. The number of benzene rings is 1. The van der Waals surface area contributed by atoms with Gasteiger partial charge in [-0.3, -0.25) is 23.7 Å². The van der Waals surface area contributed by atoms with Crippen LogP contribution >= 0.6 is 7.40 Å². The predicted molar refractivity (Wildman–Crippen MR) is 129 cm³/mol. The molecule has 0 bridgehead atoms. The fraction of sp³-hybridized carbons (Fsp3) is 0.318. The molecule has 2 radical (unpaired) electrons. The van der Waals surface area contributed by atoms with Crippen LogP contribution < -0.4 is 16.3 Å². The second-order valence-electron chi connectivity index (χ2n) is 8.09. The van der Waals surface area contributed by atoms with E-state index in [0.717, 1.165) is 16.5 Å². The number of rotatable bonds is 9. The molecular formula is C22H24BN4O7P. The molecule has 3 heterocycles. The molecule has 0 spiro atoms. The van der Waals surface area contributed by atoms with Gasteiger partial charge in [0.2, 0.25) is 15.0 Å². The maximum Gasteiger partial charge on any atom is 0.330 e. The van der Waals surface area contributed by atoms with Crippen molar-refractivity contribution < 1.29 is 23.4 Å². The normalized spacial score (nSPS) is 20.1. The number of ether oxygens (including phenoxy) is 2. The van der Waals surface area contributed by atoms with Gasteiger partial charge in [-0.2, -0.15) is 0 Å². The van der Waals surface area contributed by atoms with Crippen LogP contribution in [-0.2, 0) is 29.8 Å². The summed E-state index contributed by atoms with van der Waals surface area (Å²) < 4.78 is 30.1. The van der Waals surface area contributed by atoms with Gasteiger partial charge in [0.05, 0.1) is 13.7 Å². The van der Waals surface area contributed by atoms with E-state index in [0.29, 0.717) is 5.56 Å². The van der Waals surface area contributed by atoms with Gasteiger partial charge in [0.1, 0.15) is 12.1 Å². The number of carbonyl (C=O) groups excluding carboxylic acids is 1. The average Bonchev–Trinajstić information content (AvgIpc) is 3.46. The molecule has 35 heavy (non-hydrogen) atoms. The van der Waals surface area contributed by atoms with E-state index in [2.05, 4.69) is 15.1 Å². The lowest BCUT2D eigenvalue weighted by Gasteiger charge is -2.24. The van der Waals surface area contributed by atoms with Crippen molar-refractivity contribution in [3.63, 3.8) is 0 Å². The Kier molecular flexibility index (Phi) is 7.27. The lowest BCUT2D eigenvalue weighted by Crippen LogP contribution is -2.38. The van der Waals surface area contributed by atoms with Crippen LogP contribution in [0.1, 0.15) is 17.4 Å². The Labute approximate surface area is 201 Å². The molecule has 0 amide bonds. The third kappa shape index (κ3) is 5.74. The van der Waals surface area contributed by atoms with E-state index in [1.807, 2.05) is 24.3 Å². The summed E-state index contributed by atoms with van der Waals surface area (Å²) >= 11 is 0. The molecule has 182 valence electrons. The molecule has 3 N–H and O–H groups in total. The van der Waals surface area contributed by atoms with E-state index in [-0.39, 0.29) is 13.0 Å². The van der Waals surface area contributed by atoms with Gasteiger partial charge in [0.25, 0.3) is 5.56 Å². The second kappa shape index (κ2) is 10.2. The summed E-state index contributed by atoms with van der Waals surface area (Å²) in [5.74, 6) is -0.644. The lowest BCUT2D eigenvalue weighted by atomic mass is 10.1. The van der Waals surface area contributed by atoms with Crippen LogP contribution in [0.4, 0.5) is 0 Å². The quantitative estimate of drug-likeness (QED) is 0.174. The SMILES string of the molecule is [B]P(=O)(N[C@@H](Cc1c[nH]c2ccccc12)C(=O)OC)OC[C@@H]1C=C[C@H](n2cc(C)c(=O)[nH]c2=O)O1. The first kappa shape index (κ1) is 24.9. The number of aromatic nitrogens is 3. The Hall–Kier alpha value is -3.18. The molecule has 0 aliphatic carbocycles. The summed E-state index contributed by atoms with van der Waals surface area (Å²) in [5, 5.41) is 3.50. The van der Waals surface area contributed by atoms with Gasteiger partial charge >= 0.3 is 11.7 Å². The van der Waals surface area contributed by atoms with Gasteiger partial charge in [-0.05, 0) is 24.6 Å². The molecule has 1 aromatic carbocycles. The Morgan fingerprint density at radius 2 is 2.09 bits per heavy atom. The molecule has 1 aliphatic heterocycles. The molecule has 3 aromatic rings. The fourth-order valence-corrected chi connectivity index (χ4v) is 4.87. The first-order valence-electron chi connectivity index (χ1n) is 10.8. The number of para-hydroxylation sites is 1. The molecular weight excluding hydrogens is 474 g/mol. The van der Waals surface area contributed by atoms with Gasteiger partial charge in [0, 0.05) is 35.3 Å². The highest BCUT2D eigenvalue weighted by atomic mass is 31.2. The minimum Gasteiger partial charge on any atom is -0.468 e. The molecule has 0 saturated heterocycles. The minimum absolute atomic E-state index is 0.164. The number of nitrogens with zero attached hydrogens (tertiary/aromatic N) is 1. The van der Waals surface area contributed by atoms with Crippen molar-refractivity contribution in [1.29, 1.82) is 0 Å². The summed E-state index contributed by atoms with van der Waals surface area (Å²) in [6, 6.07) is 6.55. The van der Waals surface area contributed by atoms with Crippen LogP contribution in [-0.4, -0.2) is 53.9 Å². The van der Waals surface area contributed by atoms with Crippen molar-refractivity contribution in [3.8, 4) is 0 Å². The Morgan fingerprint density at radius 1 is 1.31 bits per heavy atom. The summed E-state index contributed by atoms with van der Waals surface area (Å²) in [7, 11) is 3.14. The largest absolute Gasteiger partial charge is 0.468 e. The summed E-state index contributed by atoms with van der Waals surface area (Å²) in [4.78, 5) is 41.3. The first-order chi connectivity index (χ1) is 16.7. The summed E-state index contributed by atoms with van der Waals surface area (Å²) in [6.45, 7) is 1.37. The Morgan fingerprint density at radius 3 is 2.86 bits per heavy atom. The molecule has 4 rings (SSSR count). The second-order valence-corrected chi connectivity index (χ2v) is 9.80. The van der Waals surface area contributed by atoms with E-state index in [1.165, 1.54) is 17.9 Å². The number of carbonyl (C=O) groups is 1. The van der Waals surface area contributed by atoms with Crippen LogP contribution in [0, 0.1) is 6.92 Å². The Bertz CT molecular complexity index is 1430. The topological polar surface area (TPSA) is 145 Å². The predicted octanol–water partition coefficient (Wildman–Crippen LogP) is 1.45. The highest BCUT2D eigenvalue weighted by Crippen LogP contribution is 2.38. The monoisotopic (exact) mass is 498 g/mol. The van der Waals surface area contributed by atoms with Gasteiger partial charge in [0.15, 0.2) is 6.23 Å². The molecule has 1 aliphatic rings. The van der Waals surface area contributed by atoms with Gasteiger partial charge < -0.3 is 19.0 Å². The number of H-pyrrole nitrogens is 2. The van der Waals surface area contributed by atoms with E-state index in [4.69, 9.17) is 21.6 Å². The number of methoxy groups -OCH3 is 1. The zero-order chi connectivity index (χ0) is 25.2. The number of aryl methyl sites for hydroxylation is 1. The standard InChI is InChI=1S/C22H24BN4O7P/c1-13-11-27(22(30)25-20(13)28)19-8-7-15(34-19)12-33-35(23,31)26-18(21(29)32-2)9-14-10-24-17-6-4-3-5-16(14)17/h3-8,10-11,15,18-19,24H,9,12H2,1-2H3,(H,26,31)(H,25,28,30)/t15-,18-,19+,35?/m0/s1. The van der Waals surface area contributed by atoms with Crippen molar-refractivity contribution in [2.75, 3.05) is 13.7 Å². The van der Waals surface area contributed by atoms with Gasteiger partial charge in [-0.1, -0.05) is 24.3 Å². The van der Waals surface area contributed by atoms with E-state index >= 15 is 0 Å². The molecule has 2 aromatic heterocycles. The van der Waals surface area contributed by atoms with Crippen LogP contribution in [0.25, 0.3) is 10.9 Å². The van der Waals surface area contributed by atoms with Crippen molar-refractivity contribution >= 4 is 31.8 Å². The van der Waals surface area contributed by atoms with Crippen molar-refractivity contribution in [3.05, 3.63) is 80.8 Å². The highest BCUT2D eigenvalue weighted by Gasteiger charge is 2.30. The third-order valence-corrected chi connectivity index (χ3v) is 6.78. The first-order valence-corrected chi connectivity index (χ1v) is 12.5. The van der Waals surface area contributed by atoms with Crippen LogP contribution in [0.3, 0.4) is 0 Å². The van der Waals surface area contributed by atoms with Crippen molar-refractivity contribution in [2.24, 2.45) is 0 Å². The van der Waals surface area contributed by atoms with Crippen molar-refractivity contribution in [1.82, 2.24) is 19.6 Å². The molecule has 0 saturated carbocycles. The van der Waals surface area contributed by atoms with E-state index < -0.39 is 43.0 Å². The highest BCUT2D eigenvalue weighted by molar-refractivity contribution is 7.81. The minimum atomic E-state index is -3.95. The van der Waals surface area contributed by atoms with Crippen molar-refractivity contribution in [2.45, 2.75) is 31.7 Å². The number of fused-ring (bicyclic) bond motifs is 1. The number of esters is 1. The maximum atomic E-state index is 12.9. The number of aromatic amines is 2. The molecule has 0 fully saturated rings. The number of nitrogens with one attached hydrogen (secondary N) is 3. The molecule has 4 atom stereocenters. The average molecular weight is 498 g/mol. The third-order valence-electron chi connectivity index (χ3n) is 5.58. The van der Waals surface area contributed by atoms with Crippen LogP contribution in [0.2, 0.25) is 0 Å². The fourth-order valence-electron chi connectivity index (χ4n) is 3.80. The smallest absolute Gasteiger partial charge is 0.330 e. The van der Waals surface area contributed by atoms with E-state index in [1.54, 1.807) is 25.3 Å². The van der Waals surface area contributed by atoms with Gasteiger partial charge in [-0.25, -0.2) is 9.88 Å². The number of hydrogen-bond donors (Lipinski definition) is 3. The van der Waals surface area contributed by atoms with Crippen LogP contribution in [0.15, 0.2) is 58.4 Å². The molecule has 13 heteroatoms. The number of hydrogen-bond acceptors (Lipinski definition) is 7. The zero-order valence-electron chi connectivity index (χ0n) is 19.1. The van der Waals surface area contributed by atoms with E-state index in [9.17, 15) is 18.9 Å². The zero-order valence-corrected chi connectivity index (χ0v) is 20.0. The Balaban J connectivity index is 1.39. The summed E-state index contributed by atoms with van der Waals surface area (Å²) in [6.07, 6.45) is 5.11.